The molecule has 3 heterocycles. The van der Waals surface area contributed by atoms with Crippen molar-refractivity contribution in [1.29, 1.82) is 0 Å². The van der Waals surface area contributed by atoms with Crippen molar-refractivity contribution in [1.82, 2.24) is 31.0 Å². The van der Waals surface area contributed by atoms with Crippen LogP contribution in [0.25, 0.3) is 0 Å². The summed E-state index contributed by atoms with van der Waals surface area (Å²) in [4.78, 5) is 36.6. The minimum absolute atomic E-state index is 0.0399. The summed E-state index contributed by atoms with van der Waals surface area (Å²) in [7, 11) is 0. The molecule has 2 saturated carbocycles. The maximum Gasteiger partial charge on any atom is 0.254 e. The topological polar surface area (TPSA) is 99.2 Å². The van der Waals surface area contributed by atoms with Crippen LogP contribution in [0, 0.1) is 11.8 Å². The molecule has 2 aliphatic heterocycles. The van der Waals surface area contributed by atoms with Gasteiger partial charge < -0.3 is 10.2 Å². The zero-order valence-electron chi connectivity index (χ0n) is 18.9. The van der Waals surface area contributed by atoms with Gasteiger partial charge >= 0.3 is 0 Å². The van der Waals surface area contributed by atoms with Crippen LogP contribution in [0.15, 0.2) is 12.5 Å². The molecule has 0 aromatic carbocycles. The number of nitrogens with one attached hydrogen (secondary N) is 3. The molecule has 0 spiro atoms. The van der Waals surface area contributed by atoms with Gasteiger partial charge in [0.2, 0.25) is 5.91 Å². The van der Waals surface area contributed by atoms with Crippen LogP contribution >= 0.6 is 0 Å². The zero-order valence-corrected chi connectivity index (χ0v) is 18.9. The number of nitrogens with zero attached hydrogens (tertiary/aromatic N) is 3. The number of rotatable bonds is 5. The number of carbonyl (C=O) groups is 2. The van der Waals surface area contributed by atoms with Crippen LogP contribution in [0.3, 0.4) is 0 Å². The number of likely N-dealkylation sites (tertiary alicyclic amines) is 1. The van der Waals surface area contributed by atoms with Crippen molar-refractivity contribution in [3.8, 4) is 0 Å². The van der Waals surface area contributed by atoms with E-state index in [4.69, 9.17) is 0 Å². The lowest BCUT2D eigenvalue weighted by molar-refractivity contribution is -0.135. The van der Waals surface area contributed by atoms with E-state index in [0.717, 1.165) is 57.3 Å². The van der Waals surface area contributed by atoms with Crippen LogP contribution in [0.5, 0.6) is 0 Å². The molecule has 1 aromatic heterocycles. The Balaban J connectivity index is 1.15. The van der Waals surface area contributed by atoms with Gasteiger partial charge in [-0.05, 0) is 50.9 Å². The molecule has 3 N–H and O–H groups in total. The fraction of sp³-hybridized carbons (Fsp3) is 0.750. The van der Waals surface area contributed by atoms with Gasteiger partial charge in [-0.25, -0.2) is 15.4 Å². The molecule has 3 atom stereocenters. The molecule has 0 bridgehead atoms. The molecule has 3 unspecified atom stereocenters. The molecule has 4 fully saturated rings. The maximum absolute atomic E-state index is 13.2. The minimum Gasteiger partial charge on any atom is -0.349 e. The Morgan fingerprint density at radius 3 is 2.56 bits per heavy atom. The van der Waals surface area contributed by atoms with Crippen LogP contribution in [-0.2, 0) is 11.2 Å². The summed E-state index contributed by atoms with van der Waals surface area (Å²) < 4.78 is 0. The molecule has 32 heavy (non-hydrogen) atoms. The van der Waals surface area contributed by atoms with Gasteiger partial charge in [0.15, 0.2) is 0 Å². The Labute approximate surface area is 190 Å². The van der Waals surface area contributed by atoms with E-state index in [1.54, 1.807) is 12.5 Å². The average molecular weight is 441 g/mol. The lowest BCUT2D eigenvalue weighted by Gasteiger charge is -2.35. The lowest BCUT2D eigenvalue weighted by atomic mass is 9.81. The number of hydrogen-bond acceptors (Lipinski definition) is 6. The Morgan fingerprint density at radius 2 is 1.75 bits per heavy atom. The van der Waals surface area contributed by atoms with Gasteiger partial charge in [-0.2, -0.15) is 0 Å². The highest BCUT2D eigenvalue weighted by Crippen LogP contribution is 2.32. The molecule has 1 aromatic rings. The van der Waals surface area contributed by atoms with E-state index in [9.17, 15) is 9.59 Å². The maximum atomic E-state index is 13.2. The summed E-state index contributed by atoms with van der Waals surface area (Å²) in [6.45, 7) is 1.57. The Morgan fingerprint density at radius 1 is 1.00 bits per heavy atom. The highest BCUT2D eigenvalue weighted by Gasteiger charge is 2.43. The first kappa shape index (κ1) is 21.8. The summed E-state index contributed by atoms with van der Waals surface area (Å²) in [5, 5.41) is 3.16. The van der Waals surface area contributed by atoms with E-state index < -0.39 is 0 Å². The predicted octanol–water partition coefficient (Wildman–Crippen LogP) is 1.97. The molecule has 2 aliphatic carbocycles. The molecule has 8 nitrogen and oxygen atoms in total. The molecular weight excluding hydrogens is 404 g/mol. The molecule has 174 valence electrons. The number of hydrogen-bond donors (Lipinski definition) is 3. The van der Waals surface area contributed by atoms with Gasteiger partial charge in [0.25, 0.3) is 5.91 Å². The summed E-state index contributed by atoms with van der Waals surface area (Å²) in [5.41, 5.74) is 8.11. The van der Waals surface area contributed by atoms with Crippen molar-refractivity contribution in [3.05, 3.63) is 23.8 Å². The Kier molecular flexibility index (Phi) is 6.69. The minimum atomic E-state index is -0.0791. The molecule has 8 heteroatoms. The standard InChI is InChI=1S/C24H36N6O2/c31-23(27-17-5-1-2-6-17)19-14-25-15-26-21(19)13-16-9-11-30(12-10-16)24(32)22-18-7-3-4-8-20(18)28-29-22/h14-18,20,22,28-29H,1-13H2,(H,27,31). The van der Waals surface area contributed by atoms with Crippen molar-refractivity contribution in [3.63, 3.8) is 0 Å². The molecule has 5 rings (SSSR count). The molecule has 2 saturated heterocycles. The Bertz CT molecular complexity index is 818. The second-order valence-corrected chi connectivity index (χ2v) is 10.1. The monoisotopic (exact) mass is 440 g/mol. The van der Waals surface area contributed by atoms with Gasteiger partial charge in [-0.1, -0.05) is 25.7 Å². The third-order valence-electron chi connectivity index (χ3n) is 8.08. The SMILES string of the molecule is O=C(NC1CCCC1)c1cncnc1CC1CCN(C(=O)C2NNC3CCCCC32)CC1. The molecule has 4 aliphatic rings. The van der Waals surface area contributed by atoms with E-state index in [2.05, 4.69) is 26.1 Å². The summed E-state index contributed by atoms with van der Waals surface area (Å²) in [6, 6.07) is 0.652. The van der Waals surface area contributed by atoms with E-state index in [1.165, 1.54) is 32.1 Å². The van der Waals surface area contributed by atoms with Crippen LogP contribution in [0.4, 0.5) is 0 Å². The molecular formula is C24H36N6O2. The second kappa shape index (κ2) is 9.83. The van der Waals surface area contributed by atoms with E-state index in [1.807, 2.05) is 4.90 Å². The summed E-state index contributed by atoms with van der Waals surface area (Å²) >= 11 is 0. The van der Waals surface area contributed by atoms with Crippen molar-refractivity contribution < 1.29 is 9.59 Å². The number of carbonyl (C=O) groups excluding carboxylic acids is 2. The first-order valence-electron chi connectivity index (χ1n) is 12.6. The fourth-order valence-corrected chi connectivity index (χ4v) is 6.15. The average Bonchev–Trinajstić information content (AvgIpc) is 3.49. The number of piperidine rings is 1. The Hall–Kier alpha value is -2.06. The number of amides is 2. The first-order chi connectivity index (χ1) is 15.7. The van der Waals surface area contributed by atoms with Crippen molar-refractivity contribution in [2.75, 3.05) is 13.1 Å². The van der Waals surface area contributed by atoms with Crippen LogP contribution in [-0.4, -0.2) is 57.9 Å². The highest BCUT2D eigenvalue weighted by atomic mass is 16.2. The highest BCUT2D eigenvalue weighted by molar-refractivity contribution is 5.95. The van der Waals surface area contributed by atoms with E-state index in [0.29, 0.717) is 23.4 Å². The quantitative estimate of drug-likeness (QED) is 0.647. The summed E-state index contributed by atoms with van der Waals surface area (Å²) in [6.07, 6.45) is 15.2. The van der Waals surface area contributed by atoms with Gasteiger partial charge in [0, 0.05) is 37.3 Å². The normalized spacial score (nSPS) is 29.1. The third kappa shape index (κ3) is 4.66. The fourth-order valence-electron chi connectivity index (χ4n) is 6.15. The number of fused-ring (bicyclic) bond motifs is 1. The van der Waals surface area contributed by atoms with Crippen LogP contribution in [0.1, 0.15) is 80.3 Å². The second-order valence-electron chi connectivity index (χ2n) is 10.1. The van der Waals surface area contributed by atoms with E-state index in [-0.39, 0.29) is 23.9 Å². The van der Waals surface area contributed by atoms with E-state index >= 15 is 0 Å². The largest absolute Gasteiger partial charge is 0.349 e. The van der Waals surface area contributed by atoms with Gasteiger partial charge in [0.1, 0.15) is 12.4 Å². The van der Waals surface area contributed by atoms with Crippen molar-refractivity contribution >= 4 is 11.8 Å². The molecule has 2 amide bonds. The van der Waals surface area contributed by atoms with Gasteiger partial charge in [0.05, 0.1) is 11.3 Å². The summed E-state index contributed by atoms with van der Waals surface area (Å²) in [5.74, 6) is 1.07. The molecule has 0 radical (unpaired) electrons. The van der Waals surface area contributed by atoms with Gasteiger partial charge in [-0.3, -0.25) is 15.0 Å². The van der Waals surface area contributed by atoms with Crippen LogP contribution in [0.2, 0.25) is 0 Å². The van der Waals surface area contributed by atoms with Gasteiger partial charge in [-0.15, -0.1) is 0 Å². The zero-order chi connectivity index (χ0) is 21.9. The predicted molar refractivity (Wildman–Crippen MR) is 121 cm³/mol. The van der Waals surface area contributed by atoms with Crippen molar-refractivity contribution in [2.45, 2.75) is 88.8 Å². The first-order valence-corrected chi connectivity index (χ1v) is 12.6. The number of aromatic nitrogens is 2. The smallest absolute Gasteiger partial charge is 0.254 e. The van der Waals surface area contributed by atoms with Crippen LogP contribution < -0.4 is 16.2 Å². The van der Waals surface area contributed by atoms with Crippen molar-refractivity contribution in [2.24, 2.45) is 11.8 Å². The lowest BCUT2D eigenvalue weighted by Crippen LogP contribution is -2.50. The third-order valence-corrected chi connectivity index (χ3v) is 8.08. The number of hydrazine groups is 1.